The summed E-state index contributed by atoms with van der Waals surface area (Å²) in [6.45, 7) is -2.57. The normalized spacial score (nSPS) is 10.5. The van der Waals surface area contributed by atoms with Gasteiger partial charge in [0.1, 0.15) is 0 Å². The first-order valence-corrected chi connectivity index (χ1v) is 6.32. The average molecular weight is 286 g/mol. The number of aromatic nitrogens is 1. The van der Waals surface area contributed by atoms with Crippen LogP contribution in [0, 0.1) is 0 Å². The summed E-state index contributed by atoms with van der Waals surface area (Å²) in [5.74, 6) is 0.322. The SMILES string of the molecule is COc1cccc(CNc2nccs2)c1OC(F)F. The molecule has 1 heterocycles. The zero-order valence-corrected chi connectivity index (χ0v) is 10.9. The fraction of sp³-hybridized carbons (Fsp3) is 0.250. The van der Waals surface area contributed by atoms with E-state index in [2.05, 4.69) is 15.0 Å². The summed E-state index contributed by atoms with van der Waals surface area (Å²) in [6.07, 6.45) is 1.66. The third kappa shape index (κ3) is 3.54. The van der Waals surface area contributed by atoms with Crippen LogP contribution in [0.5, 0.6) is 11.5 Å². The van der Waals surface area contributed by atoms with Crippen molar-refractivity contribution in [3.8, 4) is 11.5 Å². The minimum Gasteiger partial charge on any atom is -0.493 e. The van der Waals surface area contributed by atoms with Crippen molar-refractivity contribution < 1.29 is 18.3 Å². The van der Waals surface area contributed by atoms with E-state index in [-0.39, 0.29) is 11.5 Å². The lowest BCUT2D eigenvalue weighted by atomic mass is 10.2. The van der Waals surface area contributed by atoms with E-state index in [1.165, 1.54) is 18.4 Å². The lowest BCUT2D eigenvalue weighted by Gasteiger charge is -2.14. The van der Waals surface area contributed by atoms with Crippen LogP contribution in [-0.2, 0) is 6.54 Å². The zero-order valence-electron chi connectivity index (χ0n) is 10.1. The van der Waals surface area contributed by atoms with E-state index in [1.807, 2.05) is 5.38 Å². The van der Waals surface area contributed by atoms with Gasteiger partial charge in [0, 0.05) is 23.7 Å². The standard InChI is InChI=1S/C12H12F2N2O2S/c1-17-9-4-2-3-8(10(9)18-11(13)14)7-16-12-15-5-6-19-12/h2-6,11H,7H2,1H3,(H,15,16). The van der Waals surface area contributed by atoms with Gasteiger partial charge in [-0.1, -0.05) is 12.1 Å². The van der Waals surface area contributed by atoms with Crippen LogP contribution >= 0.6 is 11.3 Å². The molecule has 1 aromatic carbocycles. The van der Waals surface area contributed by atoms with Gasteiger partial charge < -0.3 is 14.8 Å². The van der Waals surface area contributed by atoms with E-state index in [0.29, 0.717) is 17.2 Å². The smallest absolute Gasteiger partial charge is 0.387 e. The predicted octanol–water partition coefficient (Wildman–Crippen LogP) is 3.37. The van der Waals surface area contributed by atoms with E-state index in [0.717, 1.165) is 0 Å². The molecule has 0 bridgehead atoms. The van der Waals surface area contributed by atoms with Gasteiger partial charge in [0.05, 0.1) is 7.11 Å². The van der Waals surface area contributed by atoms with Crippen LogP contribution in [0.2, 0.25) is 0 Å². The second-order valence-corrected chi connectivity index (χ2v) is 4.41. The van der Waals surface area contributed by atoms with Crippen molar-refractivity contribution in [3.63, 3.8) is 0 Å². The van der Waals surface area contributed by atoms with Gasteiger partial charge in [-0.3, -0.25) is 0 Å². The van der Waals surface area contributed by atoms with Crippen molar-refractivity contribution in [1.29, 1.82) is 0 Å². The third-order valence-electron chi connectivity index (χ3n) is 2.35. The molecule has 0 aliphatic heterocycles. The number of alkyl halides is 2. The minimum absolute atomic E-state index is 0.0454. The summed E-state index contributed by atoms with van der Waals surface area (Å²) in [6, 6.07) is 4.99. The summed E-state index contributed by atoms with van der Waals surface area (Å²) in [5.41, 5.74) is 0.579. The molecule has 1 aromatic heterocycles. The molecule has 2 aromatic rings. The lowest BCUT2D eigenvalue weighted by molar-refractivity contribution is -0.0517. The van der Waals surface area contributed by atoms with E-state index < -0.39 is 6.61 Å². The maximum absolute atomic E-state index is 12.4. The van der Waals surface area contributed by atoms with Crippen LogP contribution in [-0.4, -0.2) is 18.7 Å². The molecule has 0 radical (unpaired) electrons. The molecule has 4 nitrogen and oxygen atoms in total. The third-order valence-corrected chi connectivity index (χ3v) is 3.08. The molecule has 0 fully saturated rings. The van der Waals surface area contributed by atoms with Gasteiger partial charge >= 0.3 is 6.61 Å². The molecule has 0 saturated heterocycles. The molecular formula is C12H12F2N2O2S. The van der Waals surface area contributed by atoms with Crippen LogP contribution < -0.4 is 14.8 Å². The Kier molecular flexibility index (Phi) is 4.51. The maximum atomic E-state index is 12.4. The first kappa shape index (κ1) is 13.5. The van der Waals surface area contributed by atoms with Crippen LogP contribution in [0.25, 0.3) is 0 Å². The van der Waals surface area contributed by atoms with Gasteiger partial charge in [-0.15, -0.1) is 11.3 Å². The number of thiazole rings is 1. The first-order chi connectivity index (χ1) is 9.20. The highest BCUT2D eigenvalue weighted by atomic mass is 32.1. The summed E-state index contributed by atoms with van der Waals surface area (Å²) in [7, 11) is 1.41. The second kappa shape index (κ2) is 6.33. The molecule has 0 aliphatic carbocycles. The molecule has 0 aliphatic rings. The Morgan fingerprint density at radius 1 is 1.42 bits per heavy atom. The second-order valence-electron chi connectivity index (χ2n) is 3.52. The highest BCUT2D eigenvalue weighted by Gasteiger charge is 2.15. The largest absolute Gasteiger partial charge is 0.493 e. The van der Waals surface area contributed by atoms with Gasteiger partial charge in [0.25, 0.3) is 0 Å². The van der Waals surface area contributed by atoms with E-state index in [4.69, 9.17) is 4.74 Å². The van der Waals surface area contributed by atoms with Gasteiger partial charge in [0.2, 0.25) is 0 Å². The number of rotatable bonds is 6. The highest BCUT2D eigenvalue weighted by molar-refractivity contribution is 7.13. The molecule has 102 valence electrons. The van der Waals surface area contributed by atoms with Gasteiger partial charge in [-0.25, -0.2) is 4.98 Å². The van der Waals surface area contributed by atoms with E-state index in [9.17, 15) is 8.78 Å². The summed E-state index contributed by atoms with van der Waals surface area (Å²) in [5, 5.41) is 5.57. The number of hydrogen-bond donors (Lipinski definition) is 1. The van der Waals surface area contributed by atoms with Gasteiger partial charge in [-0.05, 0) is 6.07 Å². The van der Waals surface area contributed by atoms with Crippen molar-refractivity contribution in [2.45, 2.75) is 13.2 Å². The molecule has 1 N–H and O–H groups in total. The number of nitrogens with one attached hydrogen (secondary N) is 1. The number of nitrogens with zero attached hydrogens (tertiary/aromatic N) is 1. The number of methoxy groups -OCH3 is 1. The Balaban J connectivity index is 2.18. The number of halogens is 2. The Labute approximate surface area is 113 Å². The predicted molar refractivity (Wildman–Crippen MR) is 69.1 cm³/mol. The van der Waals surface area contributed by atoms with Crippen LogP contribution in [0.3, 0.4) is 0 Å². The topological polar surface area (TPSA) is 43.4 Å². The summed E-state index contributed by atoms with van der Waals surface area (Å²) >= 11 is 1.43. The van der Waals surface area contributed by atoms with Crippen molar-refractivity contribution >= 4 is 16.5 Å². The fourth-order valence-corrected chi connectivity index (χ4v) is 2.09. The minimum atomic E-state index is -2.89. The molecule has 2 rings (SSSR count). The summed E-state index contributed by atoms with van der Waals surface area (Å²) < 4.78 is 34.4. The quantitative estimate of drug-likeness (QED) is 0.884. The lowest BCUT2D eigenvalue weighted by Crippen LogP contribution is -2.08. The van der Waals surface area contributed by atoms with Crippen molar-refractivity contribution in [2.75, 3.05) is 12.4 Å². The van der Waals surface area contributed by atoms with Crippen LogP contribution in [0.15, 0.2) is 29.8 Å². The van der Waals surface area contributed by atoms with Crippen LogP contribution in [0.4, 0.5) is 13.9 Å². The van der Waals surface area contributed by atoms with Crippen molar-refractivity contribution in [1.82, 2.24) is 4.98 Å². The van der Waals surface area contributed by atoms with E-state index >= 15 is 0 Å². The number of benzene rings is 1. The van der Waals surface area contributed by atoms with Gasteiger partial charge in [0.15, 0.2) is 16.6 Å². The van der Waals surface area contributed by atoms with Crippen molar-refractivity contribution in [3.05, 3.63) is 35.3 Å². The highest BCUT2D eigenvalue weighted by Crippen LogP contribution is 2.32. The zero-order chi connectivity index (χ0) is 13.7. The molecule has 0 spiro atoms. The number of ether oxygens (including phenoxy) is 2. The van der Waals surface area contributed by atoms with Crippen molar-refractivity contribution in [2.24, 2.45) is 0 Å². The number of anilines is 1. The Bertz CT molecular complexity index is 520. The molecule has 0 atom stereocenters. The summed E-state index contributed by atoms with van der Waals surface area (Å²) in [4.78, 5) is 4.05. The fourth-order valence-electron chi connectivity index (χ4n) is 1.57. The van der Waals surface area contributed by atoms with Crippen LogP contribution in [0.1, 0.15) is 5.56 Å². The maximum Gasteiger partial charge on any atom is 0.387 e. The van der Waals surface area contributed by atoms with Gasteiger partial charge in [-0.2, -0.15) is 8.78 Å². The molecule has 0 amide bonds. The number of para-hydroxylation sites is 1. The Hall–Kier alpha value is -1.89. The molecule has 0 saturated carbocycles. The molecule has 0 unspecified atom stereocenters. The Morgan fingerprint density at radius 2 is 2.26 bits per heavy atom. The molecule has 7 heteroatoms. The van der Waals surface area contributed by atoms with E-state index in [1.54, 1.807) is 24.4 Å². The number of hydrogen-bond acceptors (Lipinski definition) is 5. The average Bonchev–Trinajstić information content (AvgIpc) is 2.90. The molecule has 19 heavy (non-hydrogen) atoms. The monoisotopic (exact) mass is 286 g/mol. The Morgan fingerprint density at radius 3 is 2.89 bits per heavy atom. The first-order valence-electron chi connectivity index (χ1n) is 5.44. The molecular weight excluding hydrogens is 274 g/mol.